The van der Waals surface area contributed by atoms with E-state index in [2.05, 4.69) is 20.2 Å². The Morgan fingerprint density at radius 2 is 2.14 bits per heavy atom. The summed E-state index contributed by atoms with van der Waals surface area (Å²) < 4.78 is 10.6. The number of hydrogen-bond acceptors (Lipinski definition) is 6. The summed E-state index contributed by atoms with van der Waals surface area (Å²) >= 11 is 0. The van der Waals surface area contributed by atoms with E-state index < -0.39 is 0 Å². The Labute approximate surface area is 130 Å². The standard InChI is InChI=1S/C16H22N4O2/c1-21-13-3-4-14-15(11-13)18-12-19-16(14)17-5-2-6-20-7-9-22-10-8-20/h3-4,11-12H,2,5-10H2,1H3,(H,17,18,19). The normalized spacial score (nSPS) is 15.9. The van der Waals surface area contributed by atoms with E-state index in [1.165, 1.54) is 0 Å². The van der Waals surface area contributed by atoms with Crippen LogP contribution in [-0.4, -0.2) is 61.4 Å². The molecule has 2 heterocycles. The van der Waals surface area contributed by atoms with Crippen LogP contribution in [0.4, 0.5) is 5.82 Å². The minimum atomic E-state index is 0.810. The smallest absolute Gasteiger partial charge is 0.137 e. The first-order chi connectivity index (χ1) is 10.9. The molecule has 0 spiro atoms. The minimum absolute atomic E-state index is 0.810. The van der Waals surface area contributed by atoms with Crippen molar-refractivity contribution in [2.24, 2.45) is 0 Å². The lowest BCUT2D eigenvalue weighted by Gasteiger charge is -2.26. The van der Waals surface area contributed by atoms with E-state index in [1.54, 1.807) is 13.4 Å². The summed E-state index contributed by atoms with van der Waals surface area (Å²) in [5.41, 5.74) is 0.894. The van der Waals surface area contributed by atoms with Gasteiger partial charge in [-0.3, -0.25) is 4.90 Å². The second-order valence-corrected chi connectivity index (χ2v) is 5.34. The van der Waals surface area contributed by atoms with Crippen molar-refractivity contribution in [2.45, 2.75) is 6.42 Å². The van der Waals surface area contributed by atoms with Crippen molar-refractivity contribution in [2.75, 3.05) is 51.8 Å². The van der Waals surface area contributed by atoms with E-state index in [0.29, 0.717) is 0 Å². The maximum atomic E-state index is 5.36. The summed E-state index contributed by atoms with van der Waals surface area (Å²) in [6.07, 6.45) is 2.67. The van der Waals surface area contributed by atoms with Crippen molar-refractivity contribution in [3.05, 3.63) is 24.5 Å². The molecule has 3 rings (SSSR count). The Morgan fingerprint density at radius 1 is 1.27 bits per heavy atom. The maximum absolute atomic E-state index is 5.36. The third-order valence-electron chi connectivity index (χ3n) is 3.89. The number of nitrogens with one attached hydrogen (secondary N) is 1. The molecule has 22 heavy (non-hydrogen) atoms. The van der Waals surface area contributed by atoms with Crippen LogP contribution < -0.4 is 10.1 Å². The summed E-state index contributed by atoms with van der Waals surface area (Å²) in [6.45, 7) is 5.77. The van der Waals surface area contributed by atoms with Gasteiger partial charge in [-0.15, -0.1) is 0 Å². The molecule has 6 nitrogen and oxygen atoms in total. The van der Waals surface area contributed by atoms with Gasteiger partial charge in [-0.2, -0.15) is 0 Å². The van der Waals surface area contributed by atoms with Crippen LogP contribution in [0.25, 0.3) is 10.9 Å². The molecule has 1 aromatic heterocycles. The lowest BCUT2D eigenvalue weighted by molar-refractivity contribution is 0.0378. The Hall–Kier alpha value is -1.92. The fourth-order valence-corrected chi connectivity index (χ4v) is 2.64. The lowest BCUT2D eigenvalue weighted by Crippen LogP contribution is -2.37. The average molecular weight is 302 g/mol. The molecule has 1 aliphatic heterocycles. The van der Waals surface area contributed by atoms with Gasteiger partial charge >= 0.3 is 0 Å². The maximum Gasteiger partial charge on any atom is 0.137 e. The van der Waals surface area contributed by atoms with Gasteiger partial charge in [-0.25, -0.2) is 9.97 Å². The average Bonchev–Trinajstić information content (AvgIpc) is 2.59. The molecule has 0 aliphatic carbocycles. The topological polar surface area (TPSA) is 59.5 Å². The van der Waals surface area contributed by atoms with Crippen LogP contribution in [0.1, 0.15) is 6.42 Å². The van der Waals surface area contributed by atoms with Crippen LogP contribution in [0.3, 0.4) is 0 Å². The molecule has 0 radical (unpaired) electrons. The monoisotopic (exact) mass is 302 g/mol. The van der Waals surface area contributed by atoms with Gasteiger partial charge in [-0.05, 0) is 25.1 Å². The van der Waals surface area contributed by atoms with E-state index in [9.17, 15) is 0 Å². The molecule has 0 bridgehead atoms. The van der Waals surface area contributed by atoms with Gasteiger partial charge in [0.15, 0.2) is 0 Å². The van der Waals surface area contributed by atoms with Gasteiger partial charge < -0.3 is 14.8 Å². The van der Waals surface area contributed by atoms with Crippen LogP contribution in [-0.2, 0) is 4.74 Å². The number of nitrogens with zero attached hydrogens (tertiary/aromatic N) is 3. The van der Waals surface area contributed by atoms with Gasteiger partial charge in [-0.1, -0.05) is 0 Å². The molecule has 0 unspecified atom stereocenters. The SMILES string of the molecule is COc1ccc2c(NCCCN3CCOCC3)ncnc2c1. The largest absolute Gasteiger partial charge is 0.497 e. The number of benzene rings is 1. The van der Waals surface area contributed by atoms with Crippen LogP contribution in [0, 0.1) is 0 Å². The van der Waals surface area contributed by atoms with E-state index in [1.807, 2.05) is 18.2 Å². The molecule has 118 valence electrons. The molecule has 0 saturated carbocycles. The van der Waals surface area contributed by atoms with E-state index in [-0.39, 0.29) is 0 Å². The third-order valence-corrected chi connectivity index (χ3v) is 3.89. The molecule has 1 aromatic carbocycles. The number of hydrogen-bond donors (Lipinski definition) is 1. The number of fused-ring (bicyclic) bond motifs is 1. The van der Waals surface area contributed by atoms with E-state index in [4.69, 9.17) is 9.47 Å². The first kappa shape index (κ1) is 15.0. The second kappa shape index (κ2) is 7.38. The zero-order valence-electron chi connectivity index (χ0n) is 12.9. The summed E-state index contributed by atoms with van der Waals surface area (Å²) in [7, 11) is 1.66. The molecule has 1 fully saturated rings. The minimum Gasteiger partial charge on any atom is -0.497 e. The van der Waals surface area contributed by atoms with Crippen molar-refractivity contribution in [1.29, 1.82) is 0 Å². The van der Waals surface area contributed by atoms with Crippen LogP contribution in [0.5, 0.6) is 5.75 Å². The highest BCUT2D eigenvalue weighted by Gasteiger charge is 2.09. The molecule has 6 heteroatoms. The first-order valence-electron chi connectivity index (χ1n) is 7.69. The highest BCUT2D eigenvalue weighted by Crippen LogP contribution is 2.23. The quantitative estimate of drug-likeness (QED) is 0.821. The number of morpholine rings is 1. The van der Waals surface area contributed by atoms with Crippen molar-refractivity contribution in [3.63, 3.8) is 0 Å². The summed E-state index contributed by atoms with van der Waals surface area (Å²) in [4.78, 5) is 11.1. The summed E-state index contributed by atoms with van der Waals surface area (Å²) in [5, 5.41) is 4.44. The molecule has 0 atom stereocenters. The molecule has 1 N–H and O–H groups in total. The Morgan fingerprint density at radius 3 is 2.95 bits per heavy atom. The molecule has 2 aromatic rings. The van der Waals surface area contributed by atoms with E-state index in [0.717, 1.165) is 68.3 Å². The van der Waals surface area contributed by atoms with Crippen molar-refractivity contribution < 1.29 is 9.47 Å². The zero-order chi connectivity index (χ0) is 15.2. The van der Waals surface area contributed by atoms with Crippen molar-refractivity contribution >= 4 is 16.7 Å². The fourth-order valence-electron chi connectivity index (χ4n) is 2.64. The van der Waals surface area contributed by atoms with Crippen LogP contribution in [0.2, 0.25) is 0 Å². The van der Waals surface area contributed by atoms with Gasteiger partial charge in [0.05, 0.1) is 25.8 Å². The number of rotatable bonds is 6. The number of aromatic nitrogens is 2. The van der Waals surface area contributed by atoms with Crippen molar-refractivity contribution in [3.8, 4) is 5.75 Å². The van der Waals surface area contributed by atoms with Crippen LogP contribution in [0.15, 0.2) is 24.5 Å². The lowest BCUT2D eigenvalue weighted by atomic mass is 10.2. The summed E-state index contributed by atoms with van der Waals surface area (Å²) in [5.74, 6) is 1.69. The summed E-state index contributed by atoms with van der Waals surface area (Å²) in [6, 6.07) is 5.86. The highest BCUT2D eigenvalue weighted by molar-refractivity contribution is 5.89. The van der Waals surface area contributed by atoms with Gasteiger partial charge in [0.2, 0.25) is 0 Å². The van der Waals surface area contributed by atoms with Gasteiger partial charge in [0, 0.05) is 31.1 Å². The number of ether oxygens (including phenoxy) is 2. The predicted octanol–water partition coefficient (Wildman–Crippen LogP) is 1.77. The molecule has 1 aliphatic rings. The van der Waals surface area contributed by atoms with Crippen molar-refractivity contribution in [1.82, 2.24) is 14.9 Å². The first-order valence-corrected chi connectivity index (χ1v) is 7.69. The second-order valence-electron chi connectivity index (χ2n) is 5.34. The van der Waals surface area contributed by atoms with Gasteiger partial charge in [0.25, 0.3) is 0 Å². The van der Waals surface area contributed by atoms with E-state index >= 15 is 0 Å². The fraction of sp³-hybridized carbons (Fsp3) is 0.500. The molecule has 0 amide bonds. The number of anilines is 1. The Balaban J connectivity index is 1.56. The highest BCUT2D eigenvalue weighted by atomic mass is 16.5. The zero-order valence-corrected chi connectivity index (χ0v) is 12.9. The predicted molar refractivity (Wildman–Crippen MR) is 86.5 cm³/mol. The Kier molecular flexibility index (Phi) is 5.03. The third kappa shape index (κ3) is 3.64. The number of methoxy groups -OCH3 is 1. The van der Waals surface area contributed by atoms with Gasteiger partial charge in [0.1, 0.15) is 17.9 Å². The molecular formula is C16H22N4O2. The Bertz CT molecular complexity index is 614. The molecule has 1 saturated heterocycles. The molecular weight excluding hydrogens is 280 g/mol. The van der Waals surface area contributed by atoms with Crippen LogP contribution >= 0.6 is 0 Å².